The molecule has 14 heavy (non-hydrogen) atoms. The monoisotopic (exact) mass is 215 g/mol. The Labute approximate surface area is 86.5 Å². The third-order valence-corrected chi connectivity index (χ3v) is 3.05. The highest BCUT2D eigenvalue weighted by Crippen LogP contribution is 2.20. The van der Waals surface area contributed by atoms with Gasteiger partial charge in [-0.1, -0.05) is 0 Å². The van der Waals surface area contributed by atoms with Crippen LogP contribution in [0.3, 0.4) is 0 Å². The highest BCUT2D eigenvalue weighted by atomic mass is 32.1. The van der Waals surface area contributed by atoms with Gasteiger partial charge in [0.2, 0.25) is 0 Å². The fraction of sp³-hybridized carbons (Fsp3) is 0.444. The molecule has 0 bridgehead atoms. The Kier molecular flexibility index (Phi) is 4.06. The molecule has 0 saturated carbocycles. The number of amides is 1. The summed E-state index contributed by atoms with van der Waals surface area (Å²) < 4.78 is 0. The van der Waals surface area contributed by atoms with Gasteiger partial charge in [0.25, 0.3) is 5.91 Å². The van der Waals surface area contributed by atoms with Gasteiger partial charge < -0.3 is 5.11 Å². The van der Waals surface area contributed by atoms with E-state index in [1.165, 1.54) is 11.3 Å². The lowest BCUT2D eigenvalue weighted by molar-refractivity contribution is 0.0171. The molecule has 0 spiro atoms. The number of hydroxylamine groups is 1. The number of aryl methyl sites for hydroxylation is 1. The molecule has 1 heterocycles. The molecular weight excluding hydrogens is 202 g/mol. The minimum Gasteiger partial charge on any atom is -0.394 e. The Hall–Kier alpha value is -0.910. The fourth-order valence-corrected chi connectivity index (χ4v) is 1.89. The van der Waals surface area contributed by atoms with Crippen molar-refractivity contribution in [1.29, 1.82) is 0 Å². The molecule has 2 N–H and O–H groups in total. The van der Waals surface area contributed by atoms with Gasteiger partial charge in [-0.25, -0.2) is 5.48 Å². The van der Waals surface area contributed by atoms with E-state index in [4.69, 9.17) is 9.94 Å². The minimum atomic E-state index is -0.256. The predicted molar refractivity (Wildman–Crippen MR) is 54.3 cm³/mol. The van der Waals surface area contributed by atoms with Gasteiger partial charge in [-0.2, -0.15) is 0 Å². The Morgan fingerprint density at radius 2 is 2.36 bits per heavy atom. The van der Waals surface area contributed by atoms with Crippen molar-refractivity contribution in [2.45, 2.75) is 13.8 Å². The smallest absolute Gasteiger partial charge is 0.285 e. The van der Waals surface area contributed by atoms with Gasteiger partial charge in [-0.15, -0.1) is 11.3 Å². The van der Waals surface area contributed by atoms with Crippen LogP contribution in [0.25, 0.3) is 0 Å². The summed E-state index contributed by atoms with van der Waals surface area (Å²) in [6.07, 6.45) is 0. The topological polar surface area (TPSA) is 58.6 Å². The number of aliphatic hydroxyl groups is 1. The van der Waals surface area contributed by atoms with E-state index in [-0.39, 0.29) is 19.1 Å². The van der Waals surface area contributed by atoms with Gasteiger partial charge >= 0.3 is 0 Å². The molecule has 0 atom stereocenters. The standard InChI is InChI=1S/C9H13NO3S/c1-6-5-14-8(7(6)2)9(12)10-13-4-3-11/h5,11H,3-4H2,1-2H3,(H,10,12). The van der Waals surface area contributed by atoms with Crippen LogP contribution in [0.2, 0.25) is 0 Å². The van der Waals surface area contributed by atoms with E-state index in [9.17, 15) is 4.79 Å². The molecule has 0 aliphatic heterocycles. The van der Waals surface area contributed by atoms with Crippen LogP contribution >= 0.6 is 11.3 Å². The van der Waals surface area contributed by atoms with Crippen molar-refractivity contribution >= 4 is 17.2 Å². The van der Waals surface area contributed by atoms with E-state index >= 15 is 0 Å². The Morgan fingerprint density at radius 3 is 2.86 bits per heavy atom. The third-order valence-electron chi connectivity index (χ3n) is 1.85. The van der Waals surface area contributed by atoms with Crippen LogP contribution in [0.15, 0.2) is 5.38 Å². The van der Waals surface area contributed by atoms with Crippen LogP contribution in [-0.4, -0.2) is 24.2 Å². The number of rotatable bonds is 4. The highest BCUT2D eigenvalue weighted by Gasteiger charge is 2.12. The van der Waals surface area contributed by atoms with Gasteiger partial charge in [0, 0.05) is 0 Å². The summed E-state index contributed by atoms with van der Waals surface area (Å²) in [6, 6.07) is 0. The number of aliphatic hydroxyl groups excluding tert-OH is 1. The van der Waals surface area contributed by atoms with Crippen LogP contribution in [0.5, 0.6) is 0 Å². The average molecular weight is 215 g/mol. The number of thiophene rings is 1. The molecule has 1 rings (SSSR count). The summed E-state index contributed by atoms with van der Waals surface area (Å²) in [4.78, 5) is 16.8. The normalized spacial score (nSPS) is 10.2. The molecule has 0 aromatic carbocycles. The van der Waals surface area contributed by atoms with Gasteiger partial charge in [0.15, 0.2) is 0 Å². The Morgan fingerprint density at radius 1 is 1.64 bits per heavy atom. The van der Waals surface area contributed by atoms with Gasteiger partial charge in [-0.3, -0.25) is 9.63 Å². The first kappa shape index (κ1) is 11.2. The number of carbonyl (C=O) groups is 1. The van der Waals surface area contributed by atoms with Crippen molar-refractivity contribution in [3.8, 4) is 0 Å². The quantitative estimate of drug-likeness (QED) is 0.582. The molecule has 78 valence electrons. The largest absolute Gasteiger partial charge is 0.394 e. The molecule has 0 radical (unpaired) electrons. The highest BCUT2D eigenvalue weighted by molar-refractivity contribution is 7.12. The molecular formula is C9H13NO3S. The van der Waals surface area contributed by atoms with E-state index < -0.39 is 0 Å². The van der Waals surface area contributed by atoms with E-state index in [1.807, 2.05) is 19.2 Å². The van der Waals surface area contributed by atoms with Crippen LogP contribution in [-0.2, 0) is 4.84 Å². The summed E-state index contributed by atoms with van der Waals surface area (Å²) in [7, 11) is 0. The van der Waals surface area contributed by atoms with Crippen molar-refractivity contribution < 1.29 is 14.7 Å². The van der Waals surface area contributed by atoms with Crippen molar-refractivity contribution in [2.75, 3.05) is 13.2 Å². The van der Waals surface area contributed by atoms with Crippen molar-refractivity contribution in [1.82, 2.24) is 5.48 Å². The molecule has 1 aromatic heterocycles. The average Bonchev–Trinajstić information content (AvgIpc) is 2.48. The summed E-state index contributed by atoms with van der Waals surface area (Å²) in [5.74, 6) is -0.256. The third kappa shape index (κ3) is 2.54. The van der Waals surface area contributed by atoms with Crippen LogP contribution < -0.4 is 5.48 Å². The lowest BCUT2D eigenvalue weighted by atomic mass is 10.2. The van der Waals surface area contributed by atoms with Crippen molar-refractivity contribution in [3.63, 3.8) is 0 Å². The summed E-state index contributed by atoms with van der Waals surface area (Å²) in [6.45, 7) is 3.85. The molecule has 4 nitrogen and oxygen atoms in total. The second-order valence-electron chi connectivity index (χ2n) is 2.88. The van der Waals surface area contributed by atoms with Crippen LogP contribution in [0.1, 0.15) is 20.8 Å². The molecule has 0 aliphatic rings. The number of hydrogen-bond donors (Lipinski definition) is 2. The van der Waals surface area contributed by atoms with Gasteiger partial charge in [0.1, 0.15) is 0 Å². The lowest BCUT2D eigenvalue weighted by Gasteiger charge is -2.03. The van der Waals surface area contributed by atoms with Gasteiger partial charge in [0.05, 0.1) is 18.1 Å². The first-order valence-electron chi connectivity index (χ1n) is 4.24. The van der Waals surface area contributed by atoms with Crippen LogP contribution in [0.4, 0.5) is 0 Å². The molecule has 0 unspecified atom stereocenters. The molecule has 1 aromatic rings. The molecule has 0 aliphatic carbocycles. The first-order valence-corrected chi connectivity index (χ1v) is 5.12. The maximum atomic E-state index is 11.4. The molecule has 1 amide bonds. The summed E-state index contributed by atoms with van der Waals surface area (Å²) >= 11 is 1.39. The van der Waals surface area contributed by atoms with E-state index in [0.29, 0.717) is 4.88 Å². The zero-order valence-corrected chi connectivity index (χ0v) is 8.98. The summed E-state index contributed by atoms with van der Waals surface area (Å²) in [5.41, 5.74) is 4.34. The van der Waals surface area contributed by atoms with E-state index in [0.717, 1.165) is 11.1 Å². The van der Waals surface area contributed by atoms with Crippen molar-refractivity contribution in [2.24, 2.45) is 0 Å². The van der Waals surface area contributed by atoms with E-state index in [2.05, 4.69) is 5.48 Å². The fourth-order valence-electron chi connectivity index (χ4n) is 0.936. The molecule has 0 fully saturated rings. The van der Waals surface area contributed by atoms with Crippen molar-refractivity contribution in [3.05, 3.63) is 21.4 Å². The summed E-state index contributed by atoms with van der Waals surface area (Å²) in [5, 5.41) is 10.4. The predicted octanol–water partition coefficient (Wildman–Crippen LogP) is 1.02. The van der Waals surface area contributed by atoms with Crippen LogP contribution in [0, 0.1) is 13.8 Å². The number of hydrogen-bond acceptors (Lipinski definition) is 4. The molecule has 0 saturated heterocycles. The SMILES string of the molecule is Cc1csc(C(=O)NOCCO)c1C. The zero-order valence-electron chi connectivity index (χ0n) is 8.16. The molecule has 5 heteroatoms. The maximum absolute atomic E-state index is 11.4. The first-order chi connectivity index (χ1) is 6.66. The number of nitrogens with one attached hydrogen (secondary N) is 1. The Bertz CT molecular complexity index is 322. The minimum absolute atomic E-state index is 0.106. The second kappa shape index (κ2) is 5.09. The van der Waals surface area contributed by atoms with E-state index in [1.54, 1.807) is 0 Å². The lowest BCUT2D eigenvalue weighted by Crippen LogP contribution is -2.24. The second-order valence-corrected chi connectivity index (χ2v) is 3.76. The van der Waals surface area contributed by atoms with Gasteiger partial charge in [-0.05, 0) is 30.4 Å². The maximum Gasteiger partial charge on any atom is 0.285 e. The Balaban J connectivity index is 2.56. The zero-order chi connectivity index (χ0) is 10.6. The number of carbonyl (C=O) groups excluding carboxylic acids is 1.